The van der Waals surface area contributed by atoms with Gasteiger partial charge < -0.3 is 9.47 Å². The Hall–Kier alpha value is -2.61. The van der Waals surface area contributed by atoms with Gasteiger partial charge in [-0.15, -0.1) is 0 Å². The standard InChI is InChI=1S/C18H17F2NO2/c1-22-17-9-8-14(19)11-15(17)13(12-21)5-4-10-23-18-7-3-2-6-16(18)20/h2-3,6-9,11,13H,4-5,10H2,1H3. The van der Waals surface area contributed by atoms with Gasteiger partial charge >= 0.3 is 0 Å². The van der Waals surface area contributed by atoms with Crippen LogP contribution in [-0.2, 0) is 0 Å². The van der Waals surface area contributed by atoms with Crippen LogP contribution in [0.5, 0.6) is 11.5 Å². The minimum Gasteiger partial charge on any atom is -0.496 e. The second-order valence-electron chi connectivity index (χ2n) is 4.99. The number of methoxy groups -OCH3 is 1. The first-order valence-electron chi connectivity index (χ1n) is 7.26. The molecule has 0 fully saturated rings. The van der Waals surface area contributed by atoms with Crippen molar-refractivity contribution in [3.05, 3.63) is 59.7 Å². The third kappa shape index (κ3) is 4.43. The summed E-state index contributed by atoms with van der Waals surface area (Å²) in [7, 11) is 1.48. The lowest BCUT2D eigenvalue weighted by atomic mass is 9.95. The van der Waals surface area contributed by atoms with Gasteiger partial charge in [-0.25, -0.2) is 8.78 Å². The summed E-state index contributed by atoms with van der Waals surface area (Å²) in [5, 5.41) is 9.32. The highest BCUT2D eigenvalue weighted by atomic mass is 19.1. The lowest BCUT2D eigenvalue weighted by Gasteiger charge is -2.14. The molecular weight excluding hydrogens is 300 g/mol. The SMILES string of the molecule is COc1ccc(F)cc1C(C#N)CCCOc1ccccc1F. The van der Waals surface area contributed by atoms with Crippen LogP contribution in [0.25, 0.3) is 0 Å². The number of ether oxygens (including phenoxy) is 2. The van der Waals surface area contributed by atoms with Gasteiger partial charge in [0.05, 0.1) is 25.7 Å². The van der Waals surface area contributed by atoms with E-state index in [1.807, 2.05) is 0 Å². The van der Waals surface area contributed by atoms with E-state index in [0.717, 1.165) is 0 Å². The normalized spacial score (nSPS) is 11.6. The van der Waals surface area contributed by atoms with E-state index in [-0.39, 0.29) is 12.4 Å². The molecule has 1 unspecified atom stereocenters. The fourth-order valence-electron chi connectivity index (χ4n) is 2.30. The van der Waals surface area contributed by atoms with Gasteiger partial charge in [0.2, 0.25) is 0 Å². The van der Waals surface area contributed by atoms with Crippen molar-refractivity contribution in [2.24, 2.45) is 0 Å². The molecule has 5 heteroatoms. The average molecular weight is 317 g/mol. The number of nitriles is 1. The molecule has 120 valence electrons. The first-order chi connectivity index (χ1) is 11.2. The van der Waals surface area contributed by atoms with Crippen molar-refractivity contribution in [1.82, 2.24) is 0 Å². The summed E-state index contributed by atoms with van der Waals surface area (Å²) in [5.41, 5.74) is 0.515. The molecule has 0 aromatic heterocycles. The molecule has 2 aromatic carbocycles. The molecule has 0 aliphatic heterocycles. The zero-order valence-electron chi connectivity index (χ0n) is 12.8. The molecular formula is C18H17F2NO2. The smallest absolute Gasteiger partial charge is 0.165 e. The van der Waals surface area contributed by atoms with Gasteiger partial charge in [0, 0.05) is 5.56 Å². The lowest BCUT2D eigenvalue weighted by Crippen LogP contribution is -2.04. The molecule has 0 aliphatic rings. The van der Waals surface area contributed by atoms with Crippen LogP contribution in [0.1, 0.15) is 24.3 Å². The number of para-hydroxylation sites is 1. The van der Waals surface area contributed by atoms with E-state index >= 15 is 0 Å². The van der Waals surface area contributed by atoms with E-state index < -0.39 is 17.6 Å². The molecule has 0 amide bonds. The molecule has 3 nitrogen and oxygen atoms in total. The van der Waals surface area contributed by atoms with E-state index in [1.165, 1.54) is 31.4 Å². The molecule has 23 heavy (non-hydrogen) atoms. The third-order valence-electron chi connectivity index (χ3n) is 3.45. The summed E-state index contributed by atoms with van der Waals surface area (Å²) in [6.45, 7) is 0.275. The molecule has 0 saturated carbocycles. The van der Waals surface area contributed by atoms with Gasteiger partial charge in [-0.3, -0.25) is 0 Å². The van der Waals surface area contributed by atoms with Crippen molar-refractivity contribution in [1.29, 1.82) is 5.26 Å². The first-order valence-corrected chi connectivity index (χ1v) is 7.26. The zero-order valence-corrected chi connectivity index (χ0v) is 12.8. The van der Waals surface area contributed by atoms with Crippen LogP contribution in [-0.4, -0.2) is 13.7 Å². The zero-order chi connectivity index (χ0) is 16.7. The van der Waals surface area contributed by atoms with Gasteiger partial charge in [-0.1, -0.05) is 12.1 Å². The third-order valence-corrected chi connectivity index (χ3v) is 3.45. The van der Waals surface area contributed by atoms with Crippen molar-refractivity contribution in [2.75, 3.05) is 13.7 Å². The predicted molar refractivity (Wildman–Crippen MR) is 82.4 cm³/mol. The molecule has 2 aromatic rings. The largest absolute Gasteiger partial charge is 0.496 e. The predicted octanol–water partition coefficient (Wildman–Crippen LogP) is 4.44. The molecule has 0 aliphatic carbocycles. The molecule has 1 atom stereocenters. The lowest BCUT2D eigenvalue weighted by molar-refractivity contribution is 0.290. The molecule has 2 rings (SSSR count). The van der Waals surface area contributed by atoms with Gasteiger partial charge in [0.1, 0.15) is 11.6 Å². The molecule has 0 radical (unpaired) electrons. The van der Waals surface area contributed by atoms with Gasteiger partial charge in [0.25, 0.3) is 0 Å². The van der Waals surface area contributed by atoms with Crippen LogP contribution in [0.3, 0.4) is 0 Å². The fraction of sp³-hybridized carbons (Fsp3) is 0.278. The Balaban J connectivity index is 1.95. The summed E-state index contributed by atoms with van der Waals surface area (Å²) >= 11 is 0. The minimum atomic E-state index is -0.509. The summed E-state index contributed by atoms with van der Waals surface area (Å²) < 4.78 is 37.4. The Morgan fingerprint density at radius 1 is 1.13 bits per heavy atom. The highest BCUT2D eigenvalue weighted by molar-refractivity contribution is 5.39. The number of hydrogen-bond donors (Lipinski definition) is 0. The van der Waals surface area contributed by atoms with Crippen LogP contribution in [0.15, 0.2) is 42.5 Å². The van der Waals surface area contributed by atoms with Crippen molar-refractivity contribution >= 4 is 0 Å². The summed E-state index contributed by atoms with van der Waals surface area (Å²) in [6, 6.07) is 12.4. The Kier molecular flexibility index (Phi) is 5.93. The van der Waals surface area contributed by atoms with E-state index in [2.05, 4.69) is 6.07 Å². The van der Waals surface area contributed by atoms with Crippen LogP contribution in [0.4, 0.5) is 8.78 Å². The Morgan fingerprint density at radius 2 is 1.91 bits per heavy atom. The minimum absolute atomic E-state index is 0.185. The molecule has 0 saturated heterocycles. The number of halogens is 2. The number of nitrogens with zero attached hydrogens (tertiary/aromatic N) is 1. The van der Waals surface area contributed by atoms with Crippen LogP contribution < -0.4 is 9.47 Å². The van der Waals surface area contributed by atoms with Gasteiger partial charge in [0.15, 0.2) is 11.6 Å². The molecule has 0 spiro atoms. The maximum absolute atomic E-state index is 13.4. The van der Waals surface area contributed by atoms with Gasteiger partial charge in [-0.2, -0.15) is 5.26 Å². The number of hydrogen-bond acceptors (Lipinski definition) is 3. The highest BCUT2D eigenvalue weighted by Crippen LogP contribution is 2.30. The quantitative estimate of drug-likeness (QED) is 0.709. The van der Waals surface area contributed by atoms with Crippen LogP contribution in [0, 0.1) is 23.0 Å². The number of benzene rings is 2. The molecule has 0 N–H and O–H groups in total. The Morgan fingerprint density at radius 3 is 2.61 bits per heavy atom. The first kappa shape index (κ1) is 16.8. The van der Waals surface area contributed by atoms with Crippen molar-refractivity contribution in [3.63, 3.8) is 0 Å². The summed E-state index contributed by atoms with van der Waals surface area (Å²) in [5.74, 6) is -0.679. The van der Waals surface area contributed by atoms with Crippen molar-refractivity contribution < 1.29 is 18.3 Å². The van der Waals surface area contributed by atoms with E-state index in [4.69, 9.17) is 9.47 Å². The van der Waals surface area contributed by atoms with E-state index in [9.17, 15) is 14.0 Å². The highest BCUT2D eigenvalue weighted by Gasteiger charge is 2.16. The molecule has 0 heterocycles. The van der Waals surface area contributed by atoms with Crippen molar-refractivity contribution in [3.8, 4) is 17.6 Å². The van der Waals surface area contributed by atoms with E-state index in [0.29, 0.717) is 24.2 Å². The van der Waals surface area contributed by atoms with Gasteiger partial charge in [-0.05, 0) is 43.2 Å². The van der Waals surface area contributed by atoms with Crippen LogP contribution in [0.2, 0.25) is 0 Å². The Bertz CT molecular complexity index is 698. The Labute approximate surface area is 134 Å². The van der Waals surface area contributed by atoms with Crippen molar-refractivity contribution in [2.45, 2.75) is 18.8 Å². The average Bonchev–Trinajstić information content (AvgIpc) is 2.56. The molecule has 0 bridgehead atoms. The monoisotopic (exact) mass is 317 g/mol. The second-order valence-corrected chi connectivity index (χ2v) is 4.99. The second kappa shape index (κ2) is 8.14. The van der Waals surface area contributed by atoms with Crippen LogP contribution >= 0.6 is 0 Å². The summed E-state index contributed by atoms with van der Waals surface area (Å²) in [6.07, 6.45) is 0.997. The maximum atomic E-state index is 13.4. The number of rotatable bonds is 7. The summed E-state index contributed by atoms with van der Waals surface area (Å²) in [4.78, 5) is 0. The fourth-order valence-corrected chi connectivity index (χ4v) is 2.30. The maximum Gasteiger partial charge on any atom is 0.165 e. The topological polar surface area (TPSA) is 42.2 Å². The van der Waals surface area contributed by atoms with E-state index in [1.54, 1.807) is 18.2 Å².